The van der Waals surface area contributed by atoms with Gasteiger partial charge in [0.15, 0.2) is 0 Å². The number of aromatic nitrogens is 5. The molecule has 12 heteroatoms. The molecule has 0 aliphatic heterocycles. The number of nitrogens with two attached hydrogens (primary N) is 1. The number of methoxy groups -OCH3 is 1. The highest BCUT2D eigenvalue weighted by Gasteiger charge is 2.25. The van der Waals surface area contributed by atoms with Gasteiger partial charge < -0.3 is 20.0 Å². The van der Waals surface area contributed by atoms with Gasteiger partial charge in [-0.2, -0.15) is 0 Å². The molecule has 1 saturated carbocycles. The van der Waals surface area contributed by atoms with Crippen molar-refractivity contribution in [3.63, 3.8) is 0 Å². The maximum atomic E-state index is 13.1. The first-order valence-corrected chi connectivity index (χ1v) is 13.7. The Labute approximate surface area is 217 Å². The van der Waals surface area contributed by atoms with E-state index >= 15 is 0 Å². The van der Waals surface area contributed by atoms with E-state index in [9.17, 15) is 8.42 Å². The van der Waals surface area contributed by atoms with Gasteiger partial charge >= 0.3 is 0 Å². The number of halogens is 1. The Hall–Kier alpha value is -3.83. The van der Waals surface area contributed by atoms with Gasteiger partial charge in [0, 0.05) is 22.8 Å². The van der Waals surface area contributed by atoms with Crippen molar-refractivity contribution in [3.8, 4) is 17.1 Å². The molecular formula is C25H24ClN7O3S. The first kappa shape index (κ1) is 23.6. The molecule has 3 aromatic heterocycles. The van der Waals surface area contributed by atoms with E-state index in [-0.39, 0.29) is 15.7 Å². The normalized spacial score (nSPS) is 14.5. The molecule has 10 nitrogen and oxygen atoms in total. The van der Waals surface area contributed by atoms with Crippen LogP contribution >= 0.6 is 11.6 Å². The van der Waals surface area contributed by atoms with E-state index in [0.29, 0.717) is 34.4 Å². The maximum Gasteiger partial charge on any atom is 0.265 e. The summed E-state index contributed by atoms with van der Waals surface area (Å²) < 4.78 is 36.2. The number of nitrogen functional groups attached to an aromatic ring is 1. The van der Waals surface area contributed by atoms with Gasteiger partial charge in [-0.1, -0.05) is 24.4 Å². The lowest BCUT2D eigenvalue weighted by molar-refractivity contribution is 0.403. The molecule has 3 heterocycles. The number of aromatic amines is 1. The summed E-state index contributed by atoms with van der Waals surface area (Å²) in [4.78, 5) is 16.7. The Morgan fingerprint density at radius 1 is 1.16 bits per heavy atom. The van der Waals surface area contributed by atoms with Crippen LogP contribution in [0.2, 0.25) is 5.02 Å². The van der Waals surface area contributed by atoms with Crippen molar-refractivity contribution in [2.45, 2.75) is 36.6 Å². The molecule has 37 heavy (non-hydrogen) atoms. The molecule has 0 saturated heterocycles. The Balaban J connectivity index is 1.39. The second kappa shape index (κ2) is 8.93. The van der Waals surface area contributed by atoms with Crippen molar-refractivity contribution in [2.75, 3.05) is 17.6 Å². The van der Waals surface area contributed by atoms with Gasteiger partial charge in [-0.3, -0.25) is 4.72 Å². The lowest BCUT2D eigenvalue weighted by Gasteiger charge is -2.12. The van der Waals surface area contributed by atoms with E-state index in [2.05, 4.69) is 24.2 Å². The summed E-state index contributed by atoms with van der Waals surface area (Å²) >= 11 is 6.04. The number of H-pyrrole nitrogens is 1. The lowest BCUT2D eigenvalue weighted by atomic mass is 10.2. The summed E-state index contributed by atoms with van der Waals surface area (Å²) in [6.45, 7) is 0. The van der Waals surface area contributed by atoms with Gasteiger partial charge in [0.05, 0.1) is 29.2 Å². The highest BCUT2D eigenvalue weighted by molar-refractivity contribution is 7.92. The molecule has 1 fully saturated rings. The van der Waals surface area contributed by atoms with Crippen LogP contribution in [0.15, 0.2) is 53.8 Å². The molecule has 5 aromatic rings. The van der Waals surface area contributed by atoms with Crippen LogP contribution in [0.5, 0.6) is 5.75 Å². The highest BCUT2D eigenvalue weighted by atomic mass is 35.5. The minimum Gasteiger partial charge on any atom is -0.495 e. The second-order valence-corrected chi connectivity index (χ2v) is 11.2. The molecule has 0 spiro atoms. The van der Waals surface area contributed by atoms with Crippen LogP contribution in [0.4, 0.5) is 11.5 Å². The summed E-state index contributed by atoms with van der Waals surface area (Å²) in [6.07, 6.45) is 8.08. The second-order valence-electron chi connectivity index (χ2n) is 9.06. The number of anilines is 2. The number of imidazole rings is 1. The zero-order valence-corrected chi connectivity index (χ0v) is 21.5. The number of fused-ring (bicyclic) bond motifs is 2. The van der Waals surface area contributed by atoms with Crippen LogP contribution in [0.1, 0.15) is 31.7 Å². The van der Waals surface area contributed by atoms with E-state index in [1.165, 1.54) is 38.4 Å². The van der Waals surface area contributed by atoms with Crippen LogP contribution in [0.25, 0.3) is 33.5 Å². The minimum atomic E-state index is -3.96. The topological polar surface area (TPSA) is 141 Å². The van der Waals surface area contributed by atoms with Gasteiger partial charge in [0.1, 0.15) is 34.3 Å². The Bertz CT molecular complexity index is 1760. The number of benzene rings is 2. The number of rotatable bonds is 6. The van der Waals surface area contributed by atoms with Gasteiger partial charge in [-0.05, 0) is 49.2 Å². The van der Waals surface area contributed by atoms with Crippen LogP contribution in [0, 0.1) is 0 Å². The Kier molecular flexibility index (Phi) is 5.68. The Morgan fingerprint density at radius 3 is 2.76 bits per heavy atom. The monoisotopic (exact) mass is 537 g/mol. The molecule has 1 aliphatic rings. The zero-order chi connectivity index (χ0) is 25.7. The molecule has 0 bridgehead atoms. The SMILES string of the molecule is COc1ccc(Cl)cc1S(=O)(=O)Nc1ccc2nc(-c3cn(C4CCCC4)c4ncnc(N)c34)[nH]c2c1. The van der Waals surface area contributed by atoms with Crippen LogP contribution in [-0.4, -0.2) is 40.0 Å². The zero-order valence-electron chi connectivity index (χ0n) is 19.9. The van der Waals surface area contributed by atoms with Crippen molar-refractivity contribution in [1.82, 2.24) is 24.5 Å². The van der Waals surface area contributed by atoms with Gasteiger partial charge in [0.2, 0.25) is 0 Å². The van der Waals surface area contributed by atoms with E-state index in [1.807, 2.05) is 6.20 Å². The molecule has 2 aromatic carbocycles. The third-order valence-corrected chi connectivity index (χ3v) is 8.40. The highest BCUT2D eigenvalue weighted by Crippen LogP contribution is 2.38. The van der Waals surface area contributed by atoms with Crippen molar-refractivity contribution < 1.29 is 13.2 Å². The van der Waals surface area contributed by atoms with E-state index in [0.717, 1.165) is 29.4 Å². The average Bonchev–Trinajstić information content (AvgIpc) is 3.62. The fraction of sp³-hybridized carbons (Fsp3) is 0.240. The van der Waals surface area contributed by atoms with E-state index in [1.54, 1.807) is 24.3 Å². The minimum absolute atomic E-state index is 0.0527. The molecule has 1 aliphatic carbocycles. The van der Waals surface area contributed by atoms with Crippen molar-refractivity contribution >= 4 is 55.2 Å². The average molecular weight is 538 g/mol. The predicted molar refractivity (Wildman–Crippen MR) is 143 cm³/mol. The van der Waals surface area contributed by atoms with Crippen molar-refractivity contribution in [2.24, 2.45) is 0 Å². The number of sulfonamides is 1. The van der Waals surface area contributed by atoms with E-state index < -0.39 is 10.0 Å². The largest absolute Gasteiger partial charge is 0.495 e. The fourth-order valence-corrected chi connectivity index (χ4v) is 6.50. The first-order valence-electron chi connectivity index (χ1n) is 11.8. The molecule has 0 atom stereocenters. The van der Waals surface area contributed by atoms with Crippen LogP contribution < -0.4 is 15.2 Å². The van der Waals surface area contributed by atoms with Crippen LogP contribution in [-0.2, 0) is 10.0 Å². The predicted octanol–water partition coefficient (Wildman–Crippen LogP) is 5.13. The van der Waals surface area contributed by atoms with Crippen molar-refractivity contribution in [3.05, 3.63) is 53.9 Å². The molecule has 190 valence electrons. The quantitative estimate of drug-likeness (QED) is 0.272. The maximum absolute atomic E-state index is 13.1. The molecule has 0 unspecified atom stereocenters. The third kappa shape index (κ3) is 4.13. The summed E-state index contributed by atoms with van der Waals surface area (Å²) in [5, 5.41) is 1.04. The number of hydrogen-bond donors (Lipinski definition) is 3. The molecule has 0 amide bonds. The third-order valence-electron chi connectivity index (χ3n) is 6.76. The molecule has 4 N–H and O–H groups in total. The van der Waals surface area contributed by atoms with Gasteiger partial charge in [-0.25, -0.2) is 23.4 Å². The summed E-state index contributed by atoms with van der Waals surface area (Å²) in [7, 11) is -2.56. The summed E-state index contributed by atoms with van der Waals surface area (Å²) in [5.41, 5.74) is 9.58. The number of nitrogens with zero attached hydrogens (tertiary/aromatic N) is 4. The molecular weight excluding hydrogens is 514 g/mol. The fourth-order valence-electron chi connectivity index (χ4n) is 5.02. The van der Waals surface area contributed by atoms with Gasteiger partial charge in [-0.15, -0.1) is 0 Å². The lowest BCUT2D eigenvalue weighted by Crippen LogP contribution is -2.14. The van der Waals surface area contributed by atoms with E-state index in [4.69, 9.17) is 27.1 Å². The first-order chi connectivity index (χ1) is 17.8. The molecule has 6 rings (SSSR count). The Morgan fingerprint density at radius 2 is 1.97 bits per heavy atom. The number of nitrogens with one attached hydrogen (secondary N) is 2. The van der Waals surface area contributed by atoms with Gasteiger partial charge in [0.25, 0.3) is 10.0 Å². The standard InChI is InChI=1S/C25H24ClN7O3S/c1-36-20-9-6-14(26)10-21(20)37(34,35)32-15-7-8-18-19(11-15)31-24(30-18)17-12-33(16-4-2-3-5-16)25-22(17)23(27)28-13-29-25/h6-13,16,32H,2-5H2,1H3,(H,30,31)(H2,27,28,29). The summed E-state index contributed by atoms with van der Waals surface area (Å²) in [6, 6.07) is 9.88. The summed E-state index contributed by atoms with van der Waals surface area (Å²) in [5.74, 6) is 1.19. The number of hydrogen-bond acceptors (Lipinski definition) is 7. The van der Waals surface area contributed by atoms with Crippen LogP contribution in [0.3, 0.4) is 0 Å². The number of ether oxygens (including phenoxy) is 1. The molecule has 0 radical (unpaired) electrons. The smallest absolute Gasteiger partial charge is 0.265 e. The van der Waals surface area contributed by atoms with Crippen molar-refractivity contribution in [1.29, 1.82) is 0 Å².